The summed E-state index contributed by atoms with van der Waals surface area (Å²) < 4.78 is 0. The number of benzene rings is 1. The lowest BCUT2D eigenvalue weighted by Crippen LogP contribution is -2.30. The number of thiazole rings is 1. The number of rotatable bonds is 5. The number of hydrogen-bond acceptors (Lipinski definition) is 4. The first-order valence-electron chi connectivity index (χ1n) is 5.73. The van der Waals surface area contributed by atoms with Crippen LogP contribution in [0.1, 0.15) is 28.5 Å². The van der Waals surface area contributed by atoms with Crippen molar-refractivity contribution in [2.75, 3.05) is 0 Å². The lowest BCUT2D eigenvalue weighted by molar-refractivity contribution is -0.137. The highest BCUT2D eigenvalue weighted by atomic mass is 35.5. The maximum Gasteiger partial charge on any atom is 0.305 e. The predicted octanol–water partition coefficient (Wildman–Crippen LogP) is 2.74. The van der Waals surface area contributed by atoms with Gasteiger partial charge in [0.25, 0.3) is 5.91 Å². The molecule has 1 heterocycles. The molecule has 0 spiro atoms. The molecule has 2 N–H and O–H groups in total. The SMILES string of the molecule is O=C(O)C[C@@H](NC(=O)c1cscn1)c1ccccc1Cl. The third-order valence-electron chi connectivity index (χ3n) is 2.63. The molecular formula is C13H11ClN2O3S. The average Bonchev–Trinajstić information content (AvgIpc) is 2.92. The Hall–Kier alpha value is -1.92. The van der Waals surface area contributed by atoms with Gasteiger partial charge in [-0.1, -0.05) is 29.8 Å². The standard InChI is InChI=1S/C13H11ClN2O3S/c14-9-4-2-1-3-8(9)10(5-12(17)18)16-13(19)11-6-20-7-15-11/h1-4,6-7,10H,5H2,(H,16,19)(H,17,18)/t10-/m1/s1. The van der Waals surface area contributed by atoms with E-state index in [0.717, 1.165) is 0 Å². The van der Waals surface area contributed by atoms with Crippen molar-refractivity contribution < 1.29 is 14.7 Å². The monoisotopic (exact) mass is 310 g/mol. The Balaban J connectivity index is 2.22. The predicted molar refractivity (Wildman–Crippen MR) is 76.0 cm³/mol. The van der Waals surface area contributed by atoms with Gasteiger partial charge in [0.2, 0.25) is 0 Å². The molecule has 0 unspecified atom stereocenters. The molecule has 0 radical (unpaired) electrons. The van der Waals surface area contributed by atoms with Gasteiger partial charge in [0.05, 0.1) is 18.0 Å². The maximum absolute atomic E-state index is 12.0. The maximum atomic E-state index is 12.0. The first kappa shape index (κ1) is 14.5. The average molecular weight is 311 g/mol. The largest absolute Gasteiger partial charge is 0.481 e. The third kappa shape index (κ3) is 3.55. The Bertz CT molecular complexity index is 616. The number of halogens is 1. The molecule has 1 aromatic carbocycles. The molecule has 0 aliphatic heterocycles. The van der Waals surface area contributed by atoms with E-state index in [0.29, 0.717) is 10.6 Å². The van der Waals surface area contributed by atoms with Gasteiger partial charge in [-0.15, -0.1) is 11.3 Å². The lowest BCUT2D eigenvalue weighted by Gasteiger charge is -2.18. The fraction of sp³-hybridized carbons (Fsp3) is 0.154. The van der Waals surface area contributed by atoms with E-state index < -0.39 is 17.9 Å². The van der Waals surface area contributed by atoms with E-state index in [1.165, 1.54) is 16.8 Å². The Morgan fingerprint density at radius 2 is 2.15 bits per heavy atom. The highest BCUT2D eigenvalue weighted by Crippen LogP contribution is 2.25. The normalized spacial score (nSPS) is 11.8. The molecule has 2 aromatic rings. The molecule has 1 atom stereocenters. The summed E-state index contributed by atoms with van der Waals surface area (Å²) in [6, 6.07) is 6.13. The van der Waals surface area contributed by atoms with Crippen LogP contribution in [0.25, 0.3) is 0 Å². The van der Waals surface area contributed by atoms with Crippen LogP contribution in [0, 0.1) is 0 Å². The molecule has 5 nitrogen and oxygen atoms in total. The number of carboxylic acids is 1. The van der Waals surface area contributed by atoms with Gasteiger partial charge in [0, 0.05) is 10.4 Å². The number of amides is 1. The zero-order valence-corrected chi connectivity index (χ0v) is 11.8. The summed E-state index contributed by atoms with van der Waals surface area (Å²) in [6.45, 7) is 0. The number of aliphatic carboxylic acids is 1. The number of carbonyl (C=O) groups excluding carboxylic acids is 1. The summed E-state index contributed by atoms with van der Waals surface area (Å²) >= 11 is 7.35. The van der Waals surface area contributed by atoms with E-state index in [4.69, 9.17) is 16.7 Å². The van der Waals surface area contributed by atoms with Gasteiger partial charge in [-0.2, -0.15) is 0 Å². The molecule has 20 heavy (non-hydrogen) atoms. The second kappa shape index (κ2) is 6.49. The number of nitrogens with zero attached hydrogens (tertiary/aromatic N) is 1. The van der Waals surface area contributed by atoms with Crippen molar-refractivity contribution in [1.82, 2.24) is 10.3 Å². The van der Waals surface area contributed by atoms with E-state index in [9.17, 15) is 9.59 Å². The number of nitrogens with one attached hydrogen (secondary N) is 1. The molecule has 0 saturated heterocycles. The van der Waals surface area contributed by atoms with Crippen molar-refractivity contribution in [3.05, 3.63) is 51.4 Å². The lowest BCUT2D eigenvalue weighted by atomic mass is 10.0. The van der Waals surface area contributed by atoms with E-state index in [1.807, 2.05) is 0 Å². The fourth-order valence-corrected chi connectivity index (χ4v) is 2.53. The number of aromatic nitrogens is 1. The van der Waals surface area contributed by atoms with Crippen LogP contribution in [-0.2, 0) is 4.79 Å². The molecule has 7 heteroatoms. The molecular weight excluding hydrogens is 300 g/mol. The molecule has 0 bridgehead atoms. The molecule has 0 aliphatic carbocycles. The van der Waals surface area contributed by atoms with Crippen molar-refractivity contribution in [3.8, 4) is 0 Å². The van der Waals surface area contributed by atoms with Crippen LogP contribution in [0.5, 0.6) is 0 Å². The topological polar surface area (TPSA) is 79.3 Å². The van der Waals surface area contributed by atoms with Crippen molar-refractivity contribution in [2.24, 2.45) is 0 Å². The third-order valence-corrected chi connectivity index (χ3v) is 3.56. The van der Waals surface area contributed by atoms with Crippen LogP contribution in [0.4, 0.5) is 0 Å². The Labute approximate surface area is 124 Å². The van der Waals surface area contributed by atoms with Gasteiger partial charge in [-0.25, -0.2) is 4.98 Å². The van der Waals surface area contributed by atoms with Crippen LogP contribution >= 0.6 is 22.9 Å². The zero-order chi connectivity index (χ0) is 14.5. The molecule has 1 aromatic heterocycles. The minimum atomic E-state index is -1.02. The summed E-state index contributed by atoms with van der Waals surface area (Å²) in [5, 5.41) is 13.6. The van der Waals surface area contributed by atoms with Crippen LogP contribution < -0.4 is 5.32 Å². The molecule has 0 saturated carbocycles. The Morgan fingerprint density at radius 3 is 2.75 bits per heavy atom. The first-order chi connectivity index (χ1) is 9.58. The van der Waals surface area contributed by atoms with Gasteiger partial charge in [-0.05, 0) is 11.6 Å². The second-order valence-electron chi connectivity index (χ2n) is 4.02. The van der Waals surface area contributed by atoms with Gasteiger partial charge in [0.15, 0.2) is 0 Å². The minimum Gasteiger partial charge on any atom is -0.481 e. The number of carbonyl (C=O) groups is 2. The molecule has 1 amide bonds. The van der Waals surface area contributed by atoms with Gasteiger partial charge < -0.3 is 10.4 Å². The molecule has 104 valence electrons. The van der Waals surface area contributed by atoms with E-state index >= 15 is 0 Å². The fourth-order valence-electron chi connectivity index (χ4n) is 1.73. The van der Waals surface area contributed by atoms with Crippen LogP contribution in [0.15, 0.2) is 35.2 Å². The van der Waals surface area contributed by atoms with E-state index in [2.05, 4.69) is 10.3 Å². The van der Waals surface area contributed by atoms with Crippen molar-refractivity contribution in [2.45, 2.75) is 12.5 Å². The number of hydrogen-bond donors (Lipinski definition) is 2. The summed E-state index contributed by atoms with van der Waals surface area (Å²) in [6.07, 6.45) is -0.250. The first-order valence-corrected chi connectivity index (χ1v) is 7.05. The summed E-state index contributed by atoms with van der Waals surface area (Å²) in [4.78, 5) is 26.8. The molecule has 2 rings (SSSR count). The minimum absolute atomic E-state index is 0.250. The quantitative estimate of drug-likeness (QED) is 0.890. The van der Waals surface area contributed by atoms with E-state index in [1.54, 1.807) is 29.6 Å². The van der Waals surface area contributed by atoms with Crippen LogP contribution in [-0.4, -0.2) is 22.0 Å². The summed E-state index contributed by atoms with van der Waals surface area (Å²) in [7, 11) is 0. The highest BCUT2D eigenvalue weighted by molar-refractivity contribution is 7.07. The van der Waals surface area contributed by atoms with Crippen LogP contribution in [0.3, 0.4) is 0 Å². The van der Waals surface area contributed by atoms with Gasteiger partial charge in [-0.3, -0.25) is 9.59 Å². The Kier molecular flexibility index (Phi) is 4.70. The Morgan fingerprint density at radius 1 is 1.40 bits per heavy atom. The van der Waals surface area contributed by atoms with Crippen LogP contribution in [0.2, 0.25) is 5.02 Å². The van der Waals surface area contributed by atoms with Gasteiger partial charge >= 0.3 is 5.97 Å². The highest BCUT2D eigenvalue weighted by Gasteiger charge is 2.21. The van der Waals surface area contributed by atoms with Crippen molar-refractivity contribution in [3.63, 3.8) is 0 Å². The molecule has 0 aliphatic rings. The van der Waals surface area contributed by atoms with E-state index in [-0.39, 0.29) is 12.1 Å². The van der Waals surface area contributed by atoms with Gasteiger partial charge in [0.1, 0.15) is 5.69 Å². The summed E-state index contributed by atoms with van der Waals surface area (Å²) in [5.41, 5.74) is 2.37. The second-order valence-corrected chi connectivity index (χ2v) is 5.14. The summed E-state index contributed by atoms with van der Waals surface area (Å²) in [5.74, 6) is -1.44. The van der Waals surface area contributed by atoms with Crippen molar-refractivity contribution in [1.29, 1.82) is 0 Å². The zero-order valence-electron chi connectivity index (χ0n) is 10.2. The van der Waals surface area contributed by atoms with Crippen molar-refractivity contribution >= 4 is 34.8 Å². The number of carboxylic acid groups (broad SMARTS) is 1. The smallest absolute Gasteiger partial charge is 0.305 e. The molecule has 0 fully saturated rings.